The van der Waals surface area contributed by atoms with E-state index in [-0.39, 0.29) is 23.7 Å². The normalized spacial score (nSPS) is 32.6. The van der Waals surface area contributed by atoms with Crippen LogP contribution in [0.3, 0.4) is 0 Å². The molecular weight excluding hydrogens is 280 g/mol. The average Bonchev–Trinajstić information content (AvgIpc) is 2.51. The van der Waals surface area contributed by atoms with E-state index in [0.29, 0.717) is 19.6 Å². The fraction of sp³-hybridized carbons (Fsp3) is 0.875. The van der Waals surface area contributed by atoms with E-state index in [0.717, 1.165) is 45.1 Å². The predicted octanol–water partition coefficient (Wildman–Crippen LogP) is 0.208. The monoisotopic (exact) mass is 310 g/mol. The molecule has 1 saturated carbocycles. The van der Waals surface area contributed by atoms with Crippen molar-refractivity contribution in [1.29, 1.82) is 0 Å². The standard InChI is InChI=1S/C16H30N4O2/c1-16(18)7-3-2-6-13(16)15(22)20-10-4-5-12(11-20)14(21)19-9-8-17/h12-13H,2-11,17-18H2,1H3,(H,19,21). The van der Waals surface area contributed by atoms with Crippen molar-refractivity contribution in [2.45, 2.75) is 51.0 Å². The Labute approximate surface area is 133 Å². The molecule has 1 aliphatic heterocycles. The molecule has 0 bridgehead atoms. The van der Waals surface area contributed by atoms with Gasteiger partial charge in [-0.3, -0.25) is 9.59 Å². The summed E-state index contributed by atoms with van der Waals surface area (Å²) in [4.78, 5) is 26.8. The summed E-state index contributed by atoms with van der Waals surface area (Å²) in [5.41, 5.74) is 11.4. The summed E-state index contributed by atoms with van der Waals surface area (Å²) in [6.45, 7) is 4.18. The summed E-state index contributed by atoms with van der Waals surface area (Å²) >= 11 is 0. The SMILES string of the molecule is CC1(N)CCCCC1C(=O)N1CCCC(C(=O)NCCN)C1. The van der Waals surface area contributed by atoms with Crippen molar-refractivity contribution in [3.05, 3.63) is 0 Å². The maximum atomic E-state index is 12.8. The summed E-state index contributed by atoms with van der Waals surface area (Å²) < 4.78 is 0. The topological polar surface area (TPSA) is 101 Å². The van der Waals surface area contributed by atoms with E-state index in [1.54, 1.807) is 0 Å². The van der Waals surface area contributed by atoms with Crippen LogP contribution in [0.1, 0.15) is 45.4 Å². The number of nitrogens with one attached hydrogen (secondary N) is 1. The van der Waals surface area contributed by atoms with Gasteiger partial charge in [0.2, 0.25) is 11.8 Å². The Balaban J connectivity index is 1.96. The lowest BCUT2D eigenvalue weighted by Crippen LogP contribution is -2.56. The lowest BCUT2D eigenvalue weighted by atomic mass is 9.73. The fourth-order valence-electron chi connectivity index (χ4n) is 3.72. The summed E-state index contributed by atoms with van der Waals surface area (Å²) in [5.74, 6) is -0.0629. The van der Waals surface area contributed by atoms with Gasteiger partial charge in [0.15, 0.2) is 0 Å². The minimum atomic E-state index is -0.413. The van der Waals surface area contributed by atoms with Crippen LogP contribution < -0.4 is 16.8 Å². The van der Waals surface area contributed by atoms with Crippen LogP contribution in [0.15, 0.2) is 0 Å². The molecule has 0 aromatic rings. The van der Waals surface area contributed by atoms with Gasteiger partial charge < -0.3 is 21.7 Å². The van der Waals surface area contributed by atoms with Crippen LogP contribution in [0, 0.1) is 11.8 Å². The predicted molar refractivity (Wildman–Crippen MR) is 85.9 cm³/mol. The number of rotatable bonds is 4. The largest absolute Gasteiger partial charge is 0.355 e. The second-order valence-corrected chi connectivity index (χ2v) is 7.01. The first-order valence-corrected chi connectivity index (χ1v) is 8.51. The van der Waals surface area contributed by atoms with Crippen LogP contribution in [-0.4, -0.2) is 48.4 Å². The van der Waals surface area contributed by atoms with Crippen LogP contribution in [0.4, 0.5) is 0 Å². The molecule has 3 atom stereocenters. The number of amides is 2. The van der Waals surface area contributed by atoms with E-state index in [1.165, 1.54) is 0 Å². The molecule has 2 amide bonds. The highest BCUT2D eigenvalue weighted by atomic mass is 16.2. The van der Waals surface area contributed by atoms with Crippen LogP contribution in [-0.2, 0) is 9.59 Å². The quantitative estimate of drug-likeness (QED) is 0.690. The first kappa shape index (κ1) is 17.2. The lowest BCUT2D eigenvalue weighted by molar-refractivity contribution is -0.142. The number of hydrogen-bond donors (Lipinski definition) is 3. The van der Waals surface area contributed by atoms with Gasteiger partial charge in [-0.2, -0.15) is 0 Å². The van der Waals surface area contributed by atoms with Gasteiger partial charge in [0.05, 0.1) is 11.8 Å². The molecule has 1 heterocycles. The third kappa shape index (κ3) is 3.98. The maximum Gasteiger partial charge on any atom is 0.227 e. The Morgan fingerprint density at radius 1 is 1.27 bits per heavy atom. The molecule has 5 N–H and O–H groups in total. The van der Waals surface area contributed by atoms with Crippen LogP contribution in [0.2, 0.25) is 0 Å². The summed E-state index contributed by atoms with van der Waals surface area (Å²) in [6.07, 6.45) is 5.65. The number of likely N-dealkylation sites (tertiary alicyclic amines) is 1. The van der Waals surface area contributed by atoms with E-state index in [9.17, 15) is 9.59 Å². The van der Waals surface area contributed by atoms with Crippen LogP contribution in [0.5, 0.6) is 0 Å². The number of piperidine rings is 1. The lowest BCUT2D eigenvalue weighted by Gasteiger charge is -2.42. The van der Waals surface area contributed by atoms with Crippen molar-refractivity contribution in [2.24, 2.45) is 23.3 Å². The van der Waals surface area contributed by atoms with Gasteiger partial charge in [-0.15, -0.1) is 0 Å². The van der Waals surface area contributed by atoms with Gasteiger partial charge in [0.25, 0.3) is 0 Å². The van der Waals surface area contributed by atoms with Crippen LogP contribution in [0.25, 0.3) is 0 Å². The molecule has 2 rings (SSSR count). The van der Waals surface area contributed by atoms with Crippen molar-refractivity contribution >= 4 is 11.8 Å². The van der Waals surface area contributed by atoms with Gasteiger partial charge in [-0.05, 0) is 32.6 Å². The first-order chi connectivity index (χ1) is 10.5. The zero-order valence-electron chi connectivity index (χ0n) is 13.6. The van der Waals surface area contributed by atoms with E-state index in [4.69, 9.17) is 11.5 Å². The molecule has 2 aliphatic rings. The molecule has 6 heteroatoms. The number of nitrogens with zero attached hydrogens (tertiary/aromatic N) is 1. The zero-order chi connectivity index (χ0) is 16.2. The molecule has 0 radical (unpaired) electrons. The van der Waals surface area contributed by atoms with Gasteiger partial charge >= 0.3 is 0 Å². The van der Waals surface area contributed by atoms with Crippen molar-refractivity contribution in [1.82, 2.24) is 10.2 Å². The third-order valence-corrected chi connectivity index (χ3v) is 5.10. The molecule has 2 fully saturated rings. The van der Waals surface area contributed by atoms with Crippen molar-refractivity contribution in [3.63, 3.8) is 0 Å². The highest BCUT2D eigenvalue weighted by molar-refractivity contribution is 5.83. The van der Waals surface area contributed by atoms with E-state index in [2.05, 4.69) is 5.32 Å². The van der Waals surface area contributed by atoms with Crippen molar-refractivity contribution in [2.75, 3.05) is 26.2 Å². The highest BCUT2D eigenvalue weighted by Crippen LogP contribution is 2.33. The Morgan fingerprint density at radius 2 is 2.05 bits per heavy atom. The fourth-order valence-corrected chi connectivity index (χ4v) is 3.72. The maximum absolute atomic E-state index is 12.8. The van der Waals surface area contributed by atoms with E-state index in [1.807, 2.05) is 11.8 Å². The molecule has 0 aromatic carbocycles. The Bertz CT molecular complexity index is 411. The van der Waals surface area contributed by atoms with Gasteiger partial charge in [-0.25, -0.2) is 0 Å². The number of carbonyl (C=O) groups is 2. The van der Waals surface area contributed by atoms with Crippen LogP contribution >= 0.6 is 0 Å². The summed E-state index contributed by atoms with van der Waals surface area (Å²) in [7, 11) is 0. The molecule has 22 heavy (non-hydrogen) atoms. The Morgan fingerprint density at radius 3 is 2.73 bits per heavy atom. The number of hydrogen-bond acceptors (Lipinski definition) is 4. The van der Waals surface area contributed by atoms with Gasteiger partial charge in [0.1, 0.15) is 0 Å². The van der Waals surface area contributed by atoms with Crippen molar-refractivity contribution in [3.8, 4) is 0 Å². The Hall–Kier alpha value is -1.14. The smallest absolute Gasteiger partial charge is 0.227 e. The molecule has 1 saturated heterocycles. The molecule has 6 nitrogen and oxygen atoms in total. The minimum absolute atomic E-state index is 0.0158. The number of carbonyl (C=O) groups excluding carboxylic acids is 2. The molecule has 3 unspecified atom stereocenters. The second-order valence-electron chi connectivity index (χ2n) is 7.01. The van der Waals surface area contributed by atoms with Crippen molar-refractivity contribution < 1.29 is 9.59 Å². The van der Waals surface area contributed by atoms with Gasteiger partial charge in [0, 0.05) is 31.7 Å². The summed E-state index contributed by atoms with van der Waals surface area (Å²) in [5, 5.41) is 2.83. The zero-order valence-corrected chi connectivity index (χ0v) is 13.6. The highest BCUT2D eigenvalue weighted by Gasteiger charge is 2.41. The molecule has 0 aromatic heterocycles. The third-order valence-electron chi connectivity index (χ3n) is 5.10. The number of nitrogens with two attached hydrogens (primary N) is 2. The molecule has 126 valence electrons. The molecule has 1 aliphatic carbocycles. The second kappa shape index (κ2) is 7.42. The Kier molecular flexibility index (Phi) is 5.81. The first-order valence-electron chi connectivity index (χ1n) is 8.51. The molecular formula is C16H30N4O2. The minimum Gasteiger partial charge on any atom is -0.355 e. The average molecular weight is 310 g/mol. The summed E-state index contributed by atoms with van der Waals surface area (Å²) in [6, 6.07) is 0. The van der Waals surface area contributed by atoms with Gasteiger partial charge in [-0.1, -0.05) is 12.8 Å². The van der Waals surface area contributed by atoms with E-state index >= 15 is 0 Å². The van der Waals surface area contributed by atoms with E-state index < -0.39 is 5.54 Å². The molecule has 0 spiro atoms.